The summed E-state index contributed by atoms with van der Waals surface area (Å²) in [6.45, 7) is 5.37. The molecule has 2 aromatic carbocycles. The topological polar surface area (TPSA) is 75.3 Å². The molecule has 0 bridgehead atoms. The first-order valence-corrected chi connectivity index (χ1v) is 7.17. The van der Waals surface area contributed by atoms with Gasteiger partial charge < -0.3 is 10.6 Å². The van der Waals surface area contributed by atoms with Crippen molar-refractivity contribution in [2.45, 2.75) is 20.8 Å². The van der Waals surface area contributed by atoms with Crippen LogP contribution in [0.1, 0.15) is 28.4 Å². The van der Waals surface area contributed by atoms with Crippen molar-refractivity contribution in [3.8, 4) is 0 Å². The highest BCUT2D eigenvalue weighted by molar-refractivity contribution is 6.43. The van der Waals surface area contributed by atoms with Crippen molar-refractivity contribution in [3.63, 3.8) is 0 Å². The lowest BCUT2D eigenvalue weighted by Gasteiger charge is -2.08. The fraction of sp³-hybridized carbons (Fsp3) is 0.167. The molecule has 0 fully saturated rings. The summed E-state index contributed by atoms with van der Waals surface area (Å²) in [5.41, 5.74) is 3.71. The SMILES string of the molecule is CC(=O)c1ccc(NC(=O)C(=O)Nc2ccc(C)c(C)c2)cc1. The number of rotatable bonds is 3. The molecule has 2 amide bonds. The molecule has 0 aromatic heterocycles. The van der Waals surface area contributed by atoms with Gasteiger partial charge in [-0.15, -0.1) is 0 Å². The second-order valence-corrected chi connectivity index (χ2v) is 5.34. The van der Waals surface area contributed by atoms with Crippen LogP contribution in [0.5, 0.6) is 0 Å². The summed E-state index contributed by atoms with van der Waals surface area (Å²) < 4.78 is 0. The Hall–Kier alpha value is -2.95. The van der Waals surface area contributed by atoms with E-state index < -0.39 is 11.8 Å². The lowest BCUT2D eigenvalue weighted by Crippen LogP contribution is -2.29. The molecule has 2 N–H and O–H groups in total. The third kappa shape index (κ3) is 4.26. The van der Waals surface area contributed by atoms with Gasteiger partial charge in [0.25, 0.3) is 0 Å². The largest absolute Gasteiger partial charge is 0.318 e. The standard InChI is InChI=1S/C18H18N2O3/c1-11-4-7-16(10-12(11)2)20-18(23)17(22)19-15-8-5-14(6-9-15)13(3)21/h4-10H,1-3H3,(H,19,22)(H,20,23). The number of ketones is 1. The summed E-state index contributed by atoms with van der Waals surface area (Å²) in [7, 11) is 0. The van der Waals surface area contributed by atoms with Gasteiger partial charge >= 0.3 is 11.8 Å². The Labute approximate surface area is 134 Å². The number of Topliss-reactive ketones (excluding diaryl/α,β-unsaturated/α-hetero) is 1. The highest BCUT2D eigenvalue weighted by atomic mass is 16.2. The zero-order valence-corrected chi connectivity index (χ0v) is 13.3. The lowest BCUT2D eigenvalue weighted by atomic mass is 10.1. The van der Waals surface area contributed by atoms with Crippen molar-refractivity contribution in [2.75, 3.05) is 10.6 Å². The van der Waals surface area contributed by atoms with Gasteiger partial charge in [0.05, 0.1) is 0 Å². The molecule has 118 valence electrons. The normalized spacial score (nSPS) is 10.0. The van der Waals surface area contributed by atoms with E-state index in [0.717, 1.165) is 11.1 Å². The summed E-state index contributed by atoms with van der Waals surface area (Å²) in [5, 5.41) is 5.05. The summed E-state index contributed by atoms with van der Waals surface area (Å²) >= 11 is 0. The van der Waals surface area contributed by atoms with Gasteiger partial charge in [-0.1, -0.05) is 6.07 Å². The fourth-order valence-electron chi connectivity index (χ4n) is 1.98. The van der Waals surface area contributed by atoms with E-state index in [1.165, 1.54) is 6.92 Å². The van der Waals surface area contributed by atoms with Gasteiger partial charge in [-0.3, -0.25) is 14.4 Å². The molecule has 0 aliphatic heterocycles. The number of hydrogen-bond donors (Lipinski definition) is 2. The minimum Gasteiger partial charge on any atom is -0.318 e. The zero-order chi connectivity index (χ0) is 17.0. The molecule has 5 heteroatoms. The summed E-state index contributed by atoms with van der Waals surface area (Å²) in [6.07, 6.45) is 0. The molecule has 0 unspecified atom stereocenters. The van der Waals surface area contributed by atoms with Gasteiger partial charge in [-0.2, -0.15) is 0 Å². The van der Waals surface area contributed by atoms with Crippen LogP contribution in [0.4, 0.5) is 11.4 Å². The van der Waals surface area contributed by atoms with Crippen molar-refractivity contribution < 1.29 is 14.4 Å². The Morgan fingerprint density at radius 1 is 0.739 bits per heavy atom. The first-order valence-electron chi connectivity index (χ1n) is 7.17. The molecule has 0 saturated heterocycles. The Kier molecular flexibility index (Phi) is 4.91. The molecular weight excluding hydrogens is 292 g/mol. The van der Waals surface area contributed by atoms with Gasteiger partial charge in [0.2, 0.25) is 0 Å². The van der Waals surface area contributed by atoms with Gasteiger partial charge in [0.1, 0.15) is 0 Å². The Balaban J connectivity index is 2.00. The van der Waals surface area contributed by atoms with Crippen LogP contribution in [-0.4, -0.2) is 17.6 Å². The molecule has 0 radical (unpaired) electrons. The van der Waals surface area contributed by atoms with E-state index in [-0.39, 0.29) is 5.78 Å². The van der Waals surface area contributed by atoms with E-state index in [0.29, 0.717) is 16.9 Å². The Morgan fingerprint density at radius 2 is 1.26 bits per heavy atom. The third-order valence-corrected chi connectivity index (χ3v) is 3.52. The molecule has 0 saturated carbocycles. The summed E-state index contributed by atoms with van der Waals surface area (Å²) in [6, 6.07) is 11.8. The highest BCUT2D eigenvalue weighted by Gasteiger charge is 2.14. The maximum absolute atomic E-state index is 11.9. The van der Waals surface area contributed by atoms with E-state index >= 15 is 0 Å². The van der Waals surface area contributed by atoms with Crippen LogP contribution >= 0.6 is 0 Å². The Morgan fingerprint density at radius 3 is 1.78 bits per heavy atom. The third-order valence-electron chi connectivity index (χ3n) is 3.52. The van der Waals surface area contributed by atoms with Crippen LogP contribution in [0.15, 0.2) is 42.5 Å². The molecule has 0 heterocycles. The summed E-state index contributed by atoms with van der Waals surface area (Å²) in [4.78, 5) is 35.0. The average molecular weight is 310 g/mol. The van der Waals surface area contributed by atoms with Crippen molar-refractivity contribution in [1.82, 2.24) is 0 Å². The number of carbonyl (C=O) groups is 3. The summed E-state index contributed by atoms with van der Waals surface area (Å²) in [5.74, 6) is -1.57. The molecule has 2 rings (SSSR count). The number of aryl methyl sites for hydroxylation is 2. The smallest absolute Gasteiger partial charge is 0.314 e. The number of carbonyl (C=O) groups excluding carboxylic acids is 3. The Bertz CT molecular complexity index is 764. The molecular formula is C18H18N2O3. The molecule has 5 nitrogen and oxygen atoms in total. The van der Waals surface area contributed by atoms with E-state index in [9.17, 15) is 14.4 Å². The predicted molar refractivity (Wildman–Crippen MR) is 89.6 cm³/mol. The fourth-order valence-corrected chi connectivity index (χ4v) is 1.98. The van der Waals surface area contributed by atoms with Crippen LogP contribution in [0, 0.1) is 13.8 Å². The lowest BCUT2D eigenvalue weighted by molar-refractivity contribution is -0.132. The minimum absolute atomic E-state index is 0.0599. The molecule has 0 atom stereocenters. The van der Waals surface area contributed by atoms with Crippen LogP contribution in [0.2, 0.25) is 0 Å². The van der Waals surface area contributed by atoms with Gasteiger partial charge in [-0.05, 0) is 68.3 Å². The van der Waals surface area contributed by atoms with Crippen molar-refractivity contribution in [1.29, 1.82) is 0 Å². The first kappa shape index (κ1) is 16.4. The van der Waals surface area contributed by atoms with Crippen LogP contribution in [0.25, 0.3) is 0 Å². The zero-order valence-electron chi connectivity index (χ0n) is 13.3. The van der Waals surface area contributed by atoms with Crippen molar-refractivity contribution in [3.05, 3.63) is 59.2 Å². The average Bonchev–Trinajstić information content (AvgIpc) is 2.51. The number of benzene rings is 2. The molecule has 0 aliphatic rings. The van der Waals surface area contributed by atoms with Gasteiger partial charge in [0.15, 0.2) is 5.78 Å². The minimum atomic E-state index is -0.765. The van der Waals surface area contributed by atoms with Gasteiger partial charge in [-0.25, -0.2) is 0 Å². The first-order chi connectivity index (χ1) is 10.9. The van der Waals surface area contributed by atoms with Crippen LogP contribution < -0.4 is 10.6 Å². The van der Waals surface area contributed by atoms with Crippen LogP contribution in [0.3, 0.4) is 0 Å². The van der Waals surface area contributed by atoms with E-state index in [1.54, 1.807) is 30.3 Å². The number of nitrogens with one attached hydrogen (secondary N) is 2. The molecule has 0 spiro atoms. The molecule has 23 heavy (non-hydrogen) atoms. The van der Waals surface area contributed by atoms with E-state index in [1.807, 2.05) is 26.0 Å². The monoisotopic (exact) mass is 310 g/mol. The molecule has 2 aromatic rings. The second-order valence-electron chi connectivity index (χ2n) is 5.34. The maximum Gasteiger partial charge on any atom is 0.314 e. The predicted octanol–water partition coefficient (Wildman–Crippen LogP) is 3.08. The second kappa shape index (κ2) is 6.87. The number of hydrogen-bond acceptors (Lipinski definition) is 3. The highest BCUT2D eigenvalue weighted by Crippen LogP contribution is 2.14. The maximum atomic E-state index is 11.9. The number of amides is 2. The quantitative estimate of drug-likeness (QED) is 0.675. The van der Waals surface area contributed by atoms with E-state index in [4.69, 9.17) is 0 Å². The van der Waals surface area contributed by atoms with Crippen molar-refractivity contribution >= 4 is 29.0 Å². The van der Waals surface area contributed by atoms with E-state index in [2.05, 4.69) is 10.6 Å². The van der Waals surface area contributed by atoms with Crippen LogP contribution in [-0.2, 0) is 9.59 Å². The van der Waals surface area contributed by atoms with Gasteiger partial charge in [0, 0.05) is 16.9 Å². The molecule has 0 aliphatic carbocycles. The number of anilines is 2. The van der Waals surface area contributed by atoms with Crippen molar-refractivity contribution in [2.24, 2.45) is 0 Å².